The van der Waals surface area contributed by atoms with Crippen LogP contribution < -0.4 is 5.32 Å². The quantitative estimate of drug-likeness (QED) is 0.876. The van der Waals surface area contributed by atoms with E-state index >= 15 is 0 Å². The number of halogens is 1. The fraction of sp³-hybridized carbons (Fsp3) is 0.533. The summed E-state index contributed by atoms with van der Waals surface area (Å²) in [6, 6.07) is 6.30. The second-order valence-corrected chi connectivity index (χ2v) is 5.36. The van der Waals surface area contributed by atoms with Crippen LogP contribution in [0.25, 0.3) is 0 Å². The van der Waals surface area contributed by atoms with Gasteiger partial charge >= 0.3 is 0 Å². The number of amides is 1. The third-order valence-corrected chi connectivity index (χ3v) is 3.83. The third kappa shape index (κ3) is 2.95. The Morgan fingerprint density at radius 1 is 1.47 bits per heavy atom. The Kier molecular flexibility index (Phi) is 4.20. The maximum absolute atomic E-state index is 13.4. The number of nitrogens with one attached hydrogen (secondary N) is 1. The molecule has 4 heteroatoms. The highest BCUT2D eigenvalue weighted by atomic mass is 19.1. The van der Waals surface area contributed by atoms with Crippen LogP contribution in [0.5, 0.6) is 0 Å². The lowest BCUT2D eigenvalue weighted by atomic mass is 9.78. The van der Waals surface area contributed by atoms with E-state index in [0.717, 1.165) is 31.2 Å². The van der Waals surface area contributed by atoms with Gasteiger partial charge in [-0.15, -0.1) is 0 Å². The number of aliphatic hydroxyl groups is 1. The average molecular weight is 265 g/mol. The van der Waals surface area contributed by atoms with Crippen molar-refractivity contribution in [3.05, 3.63) is 35.6 Å². The summed E-state index contributed by atoms with van der Waals surface area (Å²) >= 11 is 0. The van der Waals surface area contributed by atoms with Crippen LogP contribution in [0.3, 0.4) is 0 Å². The minimum atomic E-state index is -0.628. The molecule has 1 atom stereocenters. The molecular weight excluding hydrogens is 245 g/mol. The SMILES string of the molecule is CC(O)CNC(=O)C1(c2cccc(F)c2)CCCC1. The van der Waals surface area contributed by atoms with Crippen LogP contribution in [0.2, 0.25) is 0 Å². The average Bonchev–Trinajstić information content (AvgIpc) is 2.86. The minimum absolute atomic E-state index is 0.100. The van der Waals surface area contributed by atoms with Crippen molar-refractivity contribution in [3.8, 4) is 0 Å². The van der Waals surface area contributed by atoms with Gasteiger partial charge in [0.25, 0.3) is 0 Å². The molecule has 3 nitrogen and oxygen atoms in total. The molecule has 0 bridgehead atoms. The molecule has 0 aromatic heterocycles. The molecule has 1 aliphatic rings. The minimum Gasteiger partial charge on any atom is -0.392 e. The van der Waals surface area contributed by atoms with E-state index in [-0.39, 0.29) is 18.3 Å². The van der Waals surface area contributed by atoms with Gasteiger partial charge in [0.05, 0.1) is 11.5 Å². The number of aliphatic hydroxyl groups excluding tert-OH is 1. The van der Waals surface area contributed by atoms with Gasteiger partial charge in [-0.2, -0.15) is 0 Å². The van der Waals surface area contributed by atoms with E-state index in [1.54, 1.807) is 13.0 Å². The van der Waals surface area contributed by atoms with Crippen molar-refractivity contribution in [1.82, 2.24) is 5.32 Å². The second kappa shape index (κ2) is 5.70. The highest BCUT2D eigenvalue weighted by Gasteiger charge is 2.42. The standard InChI is InChI=1S/C15H20FNO2/c1-11(18)10-17-14(19)15(7-2-3-8-15)12-5-4-6-13(16)9-12/h4-6,9,11,18H,2-3,7-8,10H2,1H3,(H,17,19). The summed E-state index contributed by atoms with van der Waals surface area (Å²) in [4.78, 5) is 12.4. The van der Waals surface area contributed by atoms with Gasteiger partial charge in [0.2, 0.25) is 5.91 Å². The monoisotopic (exact) mass is 265 g/mol. The molecule has 104 valence electrons. The third-order valence-electron chi connectivity index (χ3n) is 3.83. The molecule has 0 heterocycles. The van der Waals surface area contributed by atoms with Gasteiger partial charge < -0.3 is 10.4 Å². The van der Waals surface area contributed by atoms with Crippen molar-refractivity contribution >= 4 is 5.91 Å². The number of benzene rings is 1. The summed E-state index contributed by atoms with van der Waals surface area (Å²) in [5.41, 5.74) is 0.116. The van der Waals surface area contributed by atoms with Crippen molar-refractivity contribution in [3.63, 3.8) is 0 Å². The Balaban J connectivity index is 2.25. The van der Waals surface area contributed by atoms with Crippen LogP contribution in [0.1, 0.15) is 38.2 Å². The number of rotatable bonds is 4. The van der Waals surface area contributed by atoms with Gasteiger partial charge in [0, 0.05) is 6.54 Å². The zero-order valence-electron chi connectivity index (χ0n) is 11.2. The molecule has 1 unspecified atom stereocenters. The highest BCUT2D eigenvalue weighted by Crippen LogP contribution is 2.41. The van der Waals surface area contributed by atoms with Gasteiger partial charge in [0.1, 0.15) is 5.82 Å². The smallest absolute Gasteiger partial charge is 0.230 e. The fourth-order valence-corrected chi connectivity index (χ4v) is 2.82. The van der Waals surface area contributed by atoms with Crippen LogP contribution in [-0.2, 0) is 10.2 Å². The summed E-state index contributed by atoms with van der Waals surface area (Å²) in [7, 11) is 0. The van der Waals surface area contributed by atoms with Gasteiger partial charge in [-0.1, -0.05) is 25.0 Å². The summed E-state index contributed by atoms with van der Waals surface area (Å²) in [5, 5.41) is 12.0. The van der Waals surface area contributed by atoms with E-state index in [2.05, 4.69) is 5.32 Å². The predicted octanol–water partition coefficient (Wildman–Crippen LogP) is 2.13. The van der Waals surface area contributed by atoms with Gasteiger partial charge in [-0.25, -0.2) is 4.39 Å². The van der Waals surface area contributed by atoms with E-state index in [0.29, 0.717) is 0 Å². The van der Waals surface area contributed by atoms with Crippen LogP contribution in [-0.4, -0.2) is 23.7 Å². The number of hydrogen-bond acceptors (Lipinski definition) is 2. The molecule has 0 spiro atoms. The highest BCUT2D eigenvalue weighted by molar-refractivity contribution is 5.88. The molecule has 1 amide bonds. The van der Waals surface area contributed by atoms with Crippen molar-refractivity contribution < 1.29 is 14.3 Å². The lowest BCUT2D eigenvalue weighted by molar-refractivity contribution is -0.127. The van der Waals surface area contributed by atoms with Crippen LogP contribution in [0.15, 0.2) is 24.3 Å². The van der Waals surface area contributed by atoms with Crippen molar-refractivity contribution in [2.45, 2.75) is 44.1 Å². The Hall–Kier alpha value is -1.42. The Labute approximate surface area is 112 Å². The molecular formula is C15H20FNO2. The molecule has 19 heavy (non-hydrogen) atoms. The molecule has 2 N–H and O–H groups in total. The Morgan fingerprint density at radius 3 is 2.74 bits per heavy atom. The zero-order chi connectivity index (χ0) is 13.9. The summed E-state index contributed by atoms with van der Waals surface area (Å²) in [6.07, 6.45) is 2.84. The van der Waals surface area contributed by atoms with Gasteiger partial charge in [0.15, 0.2) is 0 Å². The summed E-state index contributed by atoms with van der Waals surface area (Å²) in [5.74, 6) is -0.413. The van der Waals surface area contributed by atoms with E-state index in [4.69, 9.17) is 0 Å². The Bertz CT molecular complexity index is 453. The van der Waals surface area contributed by atoms with Crippen molar-refractivity contribution in [2.75, 3.05) is 6.54 Å². The van der Waals surface area contributed by atoms with Crippen LogP contribution in [0.4, 0.5) is 4.39 Å². The fourth-order valence-electron chi connectivity index (χ4n) is 2.82. The first kappa shape index (κ1) is 14.0. The number of carbonyl (C=O) groups is 1. The normalized spacial score (nSPS) is 19.1. The molecule has 1 aromatic rings. The molecule has 0 aliphatic heterocycles. The molecule has 2 rings (SSSR count). The van der Waals surface area contributed by atoms with Gasteiger partial charge in [-0.05, 0) is 37.5 Å². The predicted molar refractivity (Wildman–Crippen MR) is 71.2 cm³/mol. The second-order valence-electron chi connectivity index (χ2n) is 5.36. The molecule has 1 aromatic carbocycles. The van der Waals surface area contributed by atoms with Crippen molar-refractivity contribution in [1.29, 1.82) is 0 Å². The molecule has 1 fully saturated rings. The lowest BCUT2D eigenvalue weighted by Gasteiger charge is -2.28. The molecule has 1 saturated carbocycles. The topological polar surface area (TPSA) is 49.3 Å². The zero-order valence-corrected chi connectivity index (χ0v) is 11.2. The van der Waals surface area contributed by atoms with Crippen LogP contribution >= 0.6 is 0 Å². The Morgan fingerprint density at radius 2 is 2.16 bits per heavy atom. The molecule has 0 radical (unpaired) electrons. The van der Waals surface area contributed by atoms with Gasteiger partial charge in [-0.3, -0.25) is 4.79 Å². The number of carbonyl (C=O) groups excluding carboxylic acids is 1. The lowest BCUT2D eigenvalue weighted by Crippen LogP contribution is -2.44. The van der Waals surface area contributed by atoms with E-state index < -0.39 is 11.5 Å². The summed E-state index contributed by atoms with van der Waals surface area (Å²) < 4.78 is 13.4. The first-order valence-electron chi connectivity index (χ1n) is 6.77. The number of hydrogen-bond donors (Lipinski definition) is 2. The first-order valence-corrected chi connectivity index (χ1v) is 6.77. The molecule has 1 aliphatic carbocycles. The maximum Gasteiger partial charge on any atom is 0.230 e. The maximum atomic E-state index is 13.4. The molecule has 0 saturated heterocycles. The van der Waals surface area contributed by atoms with Crippen molar-refractivity contribution in [2.24, 2.45) is 0 Å². The first-order chi connectivity index (χ1) is 9.04. The van der Waals surface area contributed by atoms with E-state index in [1.165, 1.54) is 12.1 Å². The van der Waals surface area contributed by atoms with E-state index in [9.17, 15) is 14.3 Å². The largest absolute Gasteiger partial charge is 0.392 e. The van der Waals surface area contributed by atoms with E-state index in [1.807, 2.05) is 6.07 Å². The van der Waals surface area contributed by atoms with Crippen LogP contribution in [0, 0.1) is 5.82 Å². The summed E-state index contributed by atoms with van der Waals surface area (Å²) in [6.45, 7) is 1.86.